The quantitative estimate of drug-likeness (QED) is 0.565. The van der Waals surface area contributed by atoms with E-state index in [1.807, 2.05) is 30.3 Å². The highest BCUT2D eigenvalue weighted by atomic mass is 32.2. The zero-order valence-electron chi connectivity index (χ0n) is 15.2. The molecule has 0 N–H and O–H groups in total. The normalized spacial score (nSPS) is 15.1. The number of thioether (sulfide) groups is 1. The summed E-state index contributed by atoms with van der Waals surface area (Å²) < 4.78 is 13.1. The van der Waals surface area contributed by atoms with Gasteiger partial charge in [0.15, 0.2) is 11.0 Å². The fraction of sp³-hybridized carbons (Fsp3) is 0.368. The van der Waals surface area contributed by atoms with Gasteiger partial charge >= 0.3 is 0 Å². The van der Waals surface area contributed by atoms with Gasteiger partial charge in [-0.05, 0) is 23.6 Å². The lowest BCUT2D eigenvalue weighted by atomic mass is 10.3. The number of hydrogen-bond acceptors (Lipinski definition) is 7. The molecule has 0 amide bonds. The van der Waals surface area contributed by atoms with E-state index in [-0.39, 0.29) is 0 Å². The predicted molar refractivity (Wildman–Crippen MR) is 109 cm³/mol. The van der Waals surface area contributed by atoms with E-state index in [1.165, 1.54) is 0 Å². The van der Waals surface area contributed by atoms with Gasteiger partial charge in [0.05, 0.1) is 30.9 Å². The number of para-hydroxylation sites is 2. The molecule has 0 saturated carbocycles. The predicted octanol–water partition coefficient (Wildman–Crippen LogP) is 3.43. The van der Waals surface area contributed by atoms with Crippen LogP contribution in [0.2, 0.25) is 0 Å². The molecule has 1 saturated heterocycles. The van der Waals surface area contributed by atoms with Crippen molar-refractivity contribution in [3.8, 4) is 22.1 Å². The van der Waals surface area contributed by atoms with Gasteiger partial charge in [0.1, 0.15) is 5.75 Å². The Morgan fingerprint density at radius 1 is 1.15 bits per heavy atom. The van der Waals surface area contributed by atoms with Crippen LogP contribution in [0.3, 0.4) is 0 Å². The minimum atomic E-state index is 0.810. The van der Waals surface area contributed by atoms with E-state index in [4.69, 9.17) is 9.47 Å². The Morgan fingerprint density at radius 3 is 2.78 bits per heavy atom. The Kier molecular flexibility index (Phi) is 6.08. The Hall–Kier alpha value is -1.87. The van der Waals surface area contributed by atoms with E-state index in [0.717, 1.165) is 65.9 Å². The van der Waals surface area contributed by atoms with Crippen molar-refractivity contribution in [2.75, 3.05) is 45.7 Å². The minimum absolute atomic E-state index is 0.810. The molecule has 0 bridgehead atoms. The molecule has 1 aliphatic heterocycles. The molecule has 4 rings (SSSR count). The summed E-state index contributed by atoms with van der Waals surface area (Å²) in [5.74, 6) is 2.62. The van der Waals surface area contributed by atoms with E-state index in [0.29, 0.717) is 0 Å². The minimum Gasteiger partial charge on any atom is -0.495 e. The molecule has 3 heterocycles. The van der Waals surface area contributed by atoms with Crippen LogP contribution >= 0.6 is 23.1 Å². The summed E-state index contributed by atoms with van der Waals surface area (Å²) in [6.07, 6.45) is 0. The van der Waals surface area contributed by atoms with Gasteiger partial charge in [-0.15, -0.1) is 21.5 Å². The molecule has 27 heavy (non-hydrogen) atoms. The Morgan fingerprint density at radius 2 is 2.00 bits per heavy atom. The average Bonchev–Trinajstić information content (AvgIpc) is 3.38. The zero-order valence-corrected chi connectivity index (χ0v) is 16.8. The van der Waals surface area contributed by atoms with E-state index >= 15 is 0 Å². The van der Waals surface area contributed by atoms with Gasteiger partial charge in [0.2, 0.25) is 0 Å². The van der Waals surface area contributed by atoms with Crippen molar-refractivity contribution < 1.29 is 9.47 Å². The SMILES string of the molecule is COc1ccccc1-n1c(SCCN2CCOCC2)nnc1-c1cccs1. The third kappa shape index (κ3) is 4.19. The van der Waals surface area contributed by atoms with Crippen LogP contribution in [0, 0.1) is 0 Å². The third-order valence-corrected chi connectivity index (χ3v) is 6.22. The number of nitrogens with zero attached hydrogens (tertiary/aromatic N) is 4. The lowest BCUT2D eigenvalue weighted by Crippen LogP contribution is -2.37. The molecule has 1 aliphatic rings. The van der Waals surface area contributed by atoms with Crippen LogP contribution < -0.4 is 4.74 Å². The standard InChI is InChI=1S/C19H22N4O2S2/c1-24-16-6-3-2-5-15(16)23-18(17-7-4-13-26-17)20-21-19(23)27-14-10-22-8-11-25-12-9-22/h2-7,13H,8-12,14H2,1H3. The summed E-state index contributed by atoms with van der Waals surface area (Å²) in [6.45, 7) is 4.66. The largest absolute Gasteiger partial charge is 0.495 e. The lowest BCUT2D eigenvalue weighted by molar-refractivity contribution is 0.0410. The number of thiophene rings is 1. The van der Waals surface area contributed by atoms with Gasteiger partial charge in [-0.25, -0.2) is 0 Å². The van der Waals surface area contributed by atoms with Gasteiger partial charge in [-0.3, -0.25) is 9.47 Å². The second-order valence-corrected chi connectivity index (χ2v) is 8.10. The van der Waals surface area contributed by atoms with E-state index in [1.54, 1.807) is 30.2 Å². The third-order valence-electron chi connectivity index (χ3n) is 4.44. The molecular weight excluding hydrogens is 380 g/mol. The highest BCUT2D eigenvalue weighted by molar-refractivity contribution is 7.99. The van der Waals surface area contributed by atoms with Crippen LogP contribution in [0.5, 0.6) is 5.75 Å². The number of hydrogen-bond donors (Lipinski definition) is 0. The summed E-state index contributed by atoms with van der Waals surface area (Å²) in [4.78, 5) is 3.52. The van der Waals surface area contributed by atoms with Crippen LogP contribution in [-0.2, 0) is 4.74 Å². The van der Waals surface area contributed by atoms with E-state index in [9.17, 15) is 0 Å². The first-order valence-electron chi connectivity index (χ1n) is 8.92. The topological polar surface area (TPSA) is 52.4 Å². The van der Waals surface area contributed by atoms with E-state index in [2.05, 4.69) is 31.1 Å². The lowest BCUT2D eigenvalue weighted by Gasteiger charge is -2.26. The summed E-state index contributed by atoms with van der Waals surface area (Å²) in [6, 6.07) is 12.1. The fourth-order valence-electron chi connectivity index (χ4n) is 3.05. The number of methoxy groups -OCH3 is 1. The van der Waals surface area contributed by atoms with Crippen LogP contribution in [0.25, 0.3) is 16.4 Å². The molecule has 0 radical (unpaired) electrons. The van der Waals surface area contributed by atoms with Crippen molar-refractivity contribution in [2.45, 2.75) is 5.16 Å². The Labute approximate surface area is 167 Å². The smallest absolute Gasteiger partial charge is 0.196 e. The van der Waals surface area contributed by atoms with Gasteiger partial charge in [-0.2, -0.15) is 0 Å². The number of aromatic nitrogens is 3. The highest BCUT2D eigenvalue weighted by Gasteiger charge is 2.20. The molecule has 0 atom stereocenters. The van der Waals surface area contributed by atoms with Crippen molar-refractivity contribution in [3.05, 3.63) is 41.8 Å². The van der Waals surface area contributed by atoms with Crippen molar-refractivity contribution in [1.29, 1.82) is 0 Å². The number of morpholine rings is 1. The maximum atomic E-state index is 5.59. The molecular formula is C19H22N4O2S2. The molecule has 3 aromatic rings. The maximum Gasteiger partial charge on any atom is 0.196 e. The van der Waals surface area contributed by atoms with Crippen LogP contribution in [0.4, 0.5) is 0 Å². The fourth-order valence-corrected chi connectivity index (χ4v) is 4.69. The van der Waals surface area contributed by atoms with Gasteiger partial charge in [0.25, 0.3) is 0 Å². The monoisotopic (exact) mass is 402 g/mol. The molecule has 0 aliphatic carbocycles. The molecule has 1 aromatic carbocycles. The highest BCUT2D eigenvalue weighted by Crippen LogP contribution is 2.34. The average molecular weight is 403 g/mol. The Balaban J connectivity index is 1.61. The van der Waals surface area contributed by atoms with Gasteiger partial charge in [-0.1, -0.05) is 30.0 Å². The summed E-state index contributed by atoms with van der Waals surface area (Å²) in [5.41, 5.74) is 0.960. The summed E-state index contributed by atoms with van der Waals surface area (Å²) >= 11 is 3.39. The van der Waals surface area contributed by atoms with Gasteiger partial charge in [0, 0.05) is 25.4 Å². The van der Waals surface area contributed by atoms with E-state index < -0.39 is 0 Å². The number of ether oxygens (including phenoxy) is 2. The number of rotatable bonds is 7. The first-order valence-corrected chi connectivity index (χ1v) is 10.8. The maximum absolute atomic E-state index is 5.59. The molecule has 0 unspecified atom stereocenters. The molecule has 2 aromatic heterocycles. The molecule has 6 nitrogen and oxygen atoms in total. The molecule has 142 valence electrons. The molecule has 1 fully saturated rings. The first-order chi connectivity index (χ1) is 13.4. The summed E-state index contributed by atoms with van der Waals surface area (Å²) in [7, 11) is 1.69. The van der Waals surface area contributed by atoms with Crippen LogP contribution in [-0.4, -0.2) is 65.4 Å². The van der Waals surface area contributed by atoms with Crippen molar-refractivity contribution in [2.24, 2.45) is 0 Å². The second kappa shape index (κ2) is 8.88. The second-order valence-electron chi connectivity index (χ2n) is 6.09. The van der Waals surface area contributed by atoms with Gasteiger partial charge < -0.3 is 9.47 Å². The molecule has 0 spiro atoms. The Bertz CT molecular complexity index is 860. The van der Waals surface area contributed by atoms with Crippen molar-refractivity contribution in [3.63, 3.8) is 0 Å². The first kappa shape index (κ1) is 18.5. The van der Waals surface area contributed by atoms with Crippen molar-refractivity contribution in [1.82, 2.24) is 19.7 Å². The number of benzene rings is 1. The summed E-state index contributed by atoms with van der Waals surface area (Å²) in [5, 5.41) is 11.9. The molecule has 8 heteroatoms. The van der Waals surface area contributed by atoms with Crippen molar-refractivity contribution >= 4 is 23.1 Å². The van der Waals surface area contributed by atoms with Crippen LogP contribution in [0.15, 0.2) is 46.9 Å². The van der Waals surface area contributed by atoms with Crippen LogP contribution in [0.1, 0.15) is 0 Å². The zero-order chi connectivity index (χ0) is 18.5.